The van der Waals surface area contributed by atoms with Gasteiger partial charge in [-0.05, 0) is 48.6 Å². The van der Waals surface area contributed by atoms with Crippen LogP contribution in [0.25, 0.3) is 0 Å². The molecule has 0 amide bonds. The molecule has 0 fully saturated rings. The molecule has 0 aromatic heterocycles. The molecule has 1 nitrogen and oxygen atoms in total. The Morgan fingerprint density at radius 1 is 1.00 bits per heavy atom. The SMILES string of the molecule is Cc1ccccc1CC(N)Cc1ccc(Cl)c(Cl)c1. The molecular formula is C16H17Cl2N. The molecule has 0 aliphatic heterocycles. The maximum absolute atomic E-state index is 6.22. The fourth-order valence-corrected chi connectivity index (χ4v) is 2.48. The standard InChI is InChI=1S/C16H17Cl2N/c1-11-4-2-3-5-13(11)10-14(19)8-12-6-7-15(17)16(18)9-12/h2-7,9,14H,8,10,19H2,1H3. The van der Waals surface area contributed by atoms with Gasteiger partial charge in [-0.2, -0.15) is 0 Å². The Hall–Kier alpha value is -1.02. The van der Waals surface area contributed by atoms with E-state index >= 15 is 0 Å². The molecule has 0 aliphatic carbocycles. The van der Waals surface area contributed by atoms with Crippen molar-refractivity contribution >= 4 is 23.2 Å². The fraction of sp³-hybridized carbons (Fsp3) is 0.250. The van der Waals surface area contributed by atoms with Gasteiger partial charge in [-0.3, -0.25) is 0 Å². The van der Waals surface area contributed by atoms with E-state index in [0.29, 0.717) is 10.0 Å². The molecule has 100 valence electrons. The van der Waals surface area contributed by atoms with Gasteiger partial charge in [0.15, 0.2) is 0 Å². The first-order valence-electron chi connectivity index (χ1n) is 6.30. The van der Waals surface area contributed by atoms with E-state index in [-0.39, 0.29) is 6.04 Å². The quantitative estimate of drug-likeness (QED) is 0.887. The molecule has 2 rings (SSSR count). The summed E-state index contributed by atoms with van der Waals surface area (Å²) in [6.45, 7) is 2.11. The van der Waals surface area contributed by atoms with E-state index in [1.165, 1.54) is 11.1 Å². The van der Waals surface area contributed by atoms with Crippen molar-refractivity contribution in [3.63, 3.8) is 0 Å². The molecular weight excluding hydrogens is 277 g/mol. The van der Waals surface area contributed by atoms with Crippen LogP contribution < -0.4 is 5.73 Å². The van der Waals surface area contributed by atoms with E-state index in [1.807, 2.05) is 30.3 Å². The van der Waals surface area contributed by atoms with E-state index in [2.05, 4.69) is 19.1 Å². The molecule has 0 bridgehead atoms. The van der Waals surface area contributed by atoms with Gasteiger partial charge in [0.05, 0.1) is 10.0 Å². The van der Waals surface area contributed by atoms with E-state index in [9.17, 15) is 0 Å². The van der Waals surface area contributed by atoms with E-state index < -0.39 is 0 Å². The molecule has 0 aliphatic rings. The minimum absolute atomic E-state index is 0.0818. The average molecular weight is 294 g/mol. The number of aryl methyl sites for hydroxylation is 1. The van der Waals surface area contributed by atoms with Crippen LogP contribution in [-0.2, 0) is 12.8 Å². The molecule has 0 saturated carbocycles. The zero-order valence-electron chi connectivity index (χ0n) is 10.9. The van der Waals surface area contributed by atoms with Crippen molar-refractivity contribution in [1.29, 1.82) is 0 Å². The van der Waals surface area contributed by atoms with Gasteiger partial charge in [-0.1, -0.05) is 53.5 Å². The number of halogens is 2. The molecule has 0 spiro atoms. The smallest absolute Gasteiger partial charge is 0.0595 e. The van der Waals surface area contributed by atoms with Crippen LogP contribution in [0, 0.1) is 6.92 Å². The minimum Gasteiger partial charge on any atom is -0.327 e. The number of benzene rings is 2. The van der Waals surface area contributed by atoms with Crippen LogP contribution >= 0.6 is 23.2 Å². The maximum atomic E-state index is 6.22. The monoisotopic (exact) mass is 293 g/mol. The van der Waals surface area contributed by atoms with Crippen LogP contribution in [0.4, 0.5) is 0 Å². The molecule has 1 unspecified atom stereocenters. The molecule has 2 aromatic rings. The van der Waals surface area contributed by atoms with Crippen LogP contribution in [0.5, 0.6) is 0 Å². The summed E-state index contributed by atoms with van der Waals surface area (Å²) in [5.74, 6) is 0. The second-order valence-electron chi connectivity index (χ2n) is 4.84. The summed E-state index contributed by atoms with van der Waals surface area (Å²) >= 11 is 11.9. The molecule has 0 saturated heterocycles. The van der Waals surface area contributed by atoms with E-state index in [4.69, 9.17) is 28.9 Å². The first-order chi connectivity index (χ1) is 9.06. The number of nitrogens with two attached hydrogens (primary N) is 1. The Morgan fingerprint density at radius 3 is 2.42 bits per heavy atom. The molecule has 19 heavy (non-hydrogen) atoms. The summed E-state index contributed by atoms with van der Waals surface area (Å²) in [6, 6.07) is 14.1. The zero-order valence-corrected chi connectivity index (χ0v) is 12.4. The van der Waals surface area contributed by atoms with Crippen molar-refractivity contribution in [3.05, 3.63) is 69.2 Å². The van der Waals surface area contributed by atoms with Gasteiger partial charge < -0.3 is 5.73 Å². The Kier molecular flexibility index (Phi) is 4.87. The topological polar surface area (TPSA) is 26.0 Å². The van der Waals surface area contributed by atoms with Gasteiger partial charge >= 0.3 is 0 Å². The molecule has 1 atom stereocenters. The molecule has 2 N–H and O–H groups in total. The Balaban J connectivity index is 2.03. The van der Waals surface area contributed by atoms with Crippen molar-refractivity contribution in [1.82, 2.24) is 0 Å². The fourth-order valence-electron chi connectivity index (χ4n) is 2.16. The predicted molar refractivity (Wildman–Crippen MR) is 83.0 cm³/mol. The molecule has 0 radical (unpaired) electrons. The highest BCUT2D eigenvalue weighted by atomic mass is 35.5. The van der Waals surface area contributed by atoms with E-state index in [1.54, 1.807) is 0 Å². The van der Waals surface area contributed by atoms with E-state index in [0.717, 1.165) is 18.4 Å². The van der Waals surface area contributed by atoms with Crippen LogP contribution in [0.1, 0.15) is 16.7 Å². The number of hydrogen-bond donors (Lipinski definition) is 1. The average Bonchev–Trinajstić information content (AvgIpc) is 2.37. The highest BCUT2D eigenvalue weighted by molar-refractivity contribution is 6.42. The Bertz CT molecular complexity index is 566. The van der Waals surface area contributed by atoms with Gasteiger partial charge in [0.1, 0.15) is 0 Å². The summed E-state index contributed by atoms with van der Waals surface area (Å²) in [7, 11) is 0. The van der Waals surface area contributed by atoms with Crippen LogP contribution in [-0.4, -0.2) is 6.04 Å². The Labute approximate surface area is 124 Å². The third-order valence-corrected chi connectivity index (χ3v) is 3.96. The highest BCUT2D eigenvalue weighted by Gasteiger charge is 2.08. The largest absolute Gasteiger partial charge is 0.327 e. The van der Waals surface area contributed by atoms with Crippen molar-refractivity contribution in [2.45, 2.75) is 25.8 Å². The third-order valence-electron chi connectivity index (χ3n) is 3.23. The number of hydrogen-bond acceptors (Lipinski definition) is 1. The summed E-state index contributed by atoms with van der Waals surface area (Å²) in [6.07, 6.45) is 1.66. The van der Waals surface area contributed by atoms with Gasteiger partial charge in [0.25, 0.3) is 0 Å². The van der Waals surface area contributed by atoms with Crippen molar-refractivity contribution in [3.8, 4) is 0 Å². The van der Waals surface area contributed by atoms with Crippen LogP contribution in [0.15, 0.2) is 42.5 Å². The summed E-state index contributed by atoms with van der Waals surface area (Å²) < 4.78 is 0. The lowest BCUT2D eigenvalue weighted by atomic mass is 9.97. The lowest BCUT2D eigenvalue weighted by Gasteiger charge is -2.14. The van der Waals surface area contributed by atoms with Crippen molar-refractivity contribution in [2.24, 2.45) is 5.73 Å². The van der Waals surface area contributed by atoms with Gasteiger partial charge in [-0.15, -0.1) is 0 Å². The zero-order chi connectivity index (χ0) is 13.8. The summed E-state index contributed by atoms with van der Waals surface area (Å²) in [5, 5.41) is 1.17. The predicted octanol–water partition coefficient (Wildman–Crippen LogP) is 4.41. The second kappa shape index (κ2) is 6.42. The highest BCUT2D eigenvalue weighted by Crippen LogP contribution is 2.23. The first-order valence-corrected chi connectivity index (χ1v) is 7.06. The van der Waals surface area contributed by atoms with Gasteiger partial charge in [0.2, 0.25) is 0 Å². The van der Waals surface area contributed by atoms with Gasteiger partial charge in [-0.25, -0.2) is 0 Å². The van der Waals surface area contributed by atoms with Crippen molar-refractivity contribution in [2.75, 3.05) is 0 Å². The van der Waals surface area contributed by atoms with Crippen molar-refractivity contribution < 1.29 is 0 Å². The summed E-state index contributed by atoms with van der Waals surface area (Å²) in [4.78, 5) is 0. The normalized spacial score (nSPS) is 12.4. The molecule has 0 heterocycles. The Morgan fingerprint density at radius 2 is 1.74 bits per heavy atom. The maximum Gasteiger partial charge on any atom is 0.0595 e. The second-order valence-corrected chi connectivity index (χ2v) is 5.66. The number of rotatable bonds is 4. The van der Waals surface area contributed by atoms with Crippen LogP contribution in [0.2, 0.25) is 10.0 Å². The van der Waals surface area contributed by atoms with Crippen LogP contribution in [0.3, 0.4) is 0 Å². The lowest BCUT2D eigenvalue weighted by molar-refractivity contribution is 0.663. The first kappa shape index (κ1) is 14.4. The minimum atomic E-state index is 0.0818. The molecule has 3 heteroatoms. The third kappa shape index (κ3) is 3.97. The lowest BCUT2D eigenvalue weighted by Crippen LogP contribution is -2.25. The summed E-state index contributed by atoms with van der Waals surface area (Å²) in [5.41, 5.74) is 9.92. The molecule has 2 aromatic carbocycles. The van der Waals surface area contributed by atoms with Gasteiger partial charge in [0, 0.05) is 6.04 Å².